The number of amides is 1. The first-order chi connectivity index (χ1) is 11.2. The number of rotatable bonds is 7. The third kappa shape index (κ3) is 5.39. The van der Waals surface area contributed by atoms with E-state index in [1.165, 1.54) is 0 Å². The van der Waals surface area contributed by atoms with Gasteiger partial charge in [-0.25, -0.2) is 4.79 Å². The van der Waals surface area contributed by atoms with Crippen LogP contribution in [0.1, 0.15) is 32.3 Å². The van der Waals surface area contributed by atoms with Crippen LogP contribution in [-0.4, -0.2) is 48.1 Å². The highest BCUT2D eigenvalue weighted by atomic mass is 16.6. The minimum Gasteiger partial charge on any atom is -0.445 e. The molecule has 0 radical (unpaired) electrons. The van der Waals surface area contributed by atoms with E-state index in [2.05, 4.69) is 30.9 Å². The predicted molar refractivity (Wildman–Crippen MR) is 93.3 cm³/mol. The smallest absolute Gasteiger partial charge is 0.410 e. The van der Waals surface area contributed by atoms with Crippen molar-refractivity contribution < 1.29 is 9.53 Å². The van der Waals surface area contributed by atoms with E-state index in [1.807, 2.05) is 35.2 Å². The molecule has 2 rings (SSSR count). The predicted octanol–water partition coefficient (Wildman–Crippen LogP) is 3.69. The number of ether oxygens (including phenoxy) is 1. The Morgan fingerprint density at radius 3 is 2.74 bits per heavy atom. The summed E-state index contributed by atoms with van der Waals surface area (Å²) in [6.07, 6.45) is 6.20. The summed E-state index contributed by atoms with van der Waals surface area (Å²) in [6, 6.07) is 9.99. The van der Waals surface area contributed by atoms with Crippen molar-refractivity contribution >= 4 is 6.09 Å². The summed E-state index contributed by atoms with van der Waals surface area (Å²) in [5.41, 5.74) is 1.02. The molecule has 1 unspecified atom stereocenters. The van der Waals surface area contributed by atoms with Gasteiger partial charge in [0.05, 0.1) is 6.04 Å². The first-order valence-corrected chi connectivity index (χ1v) is 8.61. The van der Waals surface area contributed by atoms with E-state index in [0.717, 1.165) is 44.6 Å². The van der Waals surface area contributed by atoms with Crippen molar-refractivity contribution in [2.45, 2.75) is 39.3 Å². The van der Waals surface area contributed by atoms with Gasteiger partial charge in [0.15, 0.2) is 0 Å². The molecule has 4 heteroatoms. The third-order valence-electron chi connectivity index (χ3n) is 4.36. The highest BCUT2D eigenvalue weighted by molar-refractivity contribution is 5.68. The van der Waals surface area contributed by atoms with Crippen LogP contribution in [-0.2, 0) is 11.3 Å². The SMILES string of the molecule is CCN(CC)CC=CC1CCCN1C(=O)OCc1ccccc1. The van der Waals surface area contributed by atoms with Crippen molar-refractivity contribution in [3.8, 4) is 0 Å². The Morgan fingerprint density at radius 2 is 2.04 bits per heavy atom. The Morgan fingerprint density at radius 1 is 1.30 bits per heavy atom. The van der Waals surface area contributed by atoms with Crippen molar-refractivity contribution in [2.75, 3.05) is 26.2 Å². The lowest BCUT2D eigenvalue weighted by Gasteiger charge is -2.22. The van der Waals surface area contributed by atoms with E-state index in [-0.39, 0.29) is 12.1 Å². The van der Waals surface area contributed by atoms with Crippen LogP contribution in [0.5, 0.6) is 0 Å². The molecule has 0 saturated carbocycles. The van der Waals surface area contributed by atoms with Gasteiger partial charge in [0, 0.05) is 13.1 Å². The van der Waals surface area contributed by atoms with Gasteiger partial charge in [-0.1, -0.05) is 56.3 Å². The number of nitrogens with zero attached hydrogens (tertiary/aromatic N) is 2. The number of likely N-dealkylation sites (N-methyl/N-ethyl adjacent to an activating group) is 1. The molecule has 1 fully saturated rings. The van der Waals surface area contributed by atoms with Crippen LogP contribution in [0.25, 0.3) is 0 Å². The number of carbonyl (C=O) groups is 1. The van der Waals surface area contributed by atoms with Gasteiger partial charge in [-0.2, -0.15) is 0 Å². The highest BCUT2D eigenvalue weighted by Gasteiger charge is 2.27. The highest BCUT2D eigenvalue weighted by Crippen LogP contribution is 2.20. The maximum atomic E-state index is 12.3. The summed E-state index contributed by atoms with van der Waals surface area (Å²) in [4.78, 5) is 16.5. The van der Waals surface area contributed by atoms with Crippen molar-refractivity contribution in [1.82, 2.24) is 9.80 Å². The van der Waals surface area contributed by atoms with E-state index < -0.39 is 0 Å². The zero-order valence-electron chi connectivity index (χ0n) is 14.3. The zero-order valence-corrected chi connectivity index (χ0v) is 14.3. The molecule has 1 amide bonds. The first kappa shape index (κ1) is 17.5. The lowest BCUT2D eigenvalue weighted by Crippen LogP contribution is -2.35. The number of carbonyl (C=O) groups excluding carboxylic acids is 1. The fourth-order valence-electron chi connectivity index (χ4n) is 2.87. The Labute approximate surface area is 139 Å². The maximum Gasteiger partial charge on any atom is 0.410 e. The topological polar surface area (TPSA) is 32.8 Å². The summed E-state index contributed by atoms with van der Waals surface area (Å²) in [7, 11) is 0. The lowest BCUT2D eigenvalue weighted by atomic mass is 10.2. The summed E-state index contributed by atoms with van der Waals surface area (Å²) >= 11 is 0. The molecule has 0 N–H and O–H groups in total. The molecule has 1 heterocycles. The number of likely N-dealkylation sites (tertiary alicyclic amines) is 1. The second kappa shape index (κ2) is 9.36. The Kier molecular flexibility index (Phi) is 7.14. The van der Waals surface area contributed by atoms with Gasteiger partial charge in [0.2, 0.25) is 0 Å². The van der Waals surface area contributed by atoms with E-state index in [1.54, 1.807) is 0 Å². The summed E-state index contributed by atoms with van der Waals surface area (Å²) < 4.78 is 5.45. The van der Waals surface area contributed by atoms with Gasteiger partial charge in [-0.3, -0.25) is 0 Å². The van der Waals surface area contributed by atoms with Crippen LogP contribution in [0.15, 0.2) is 42.5 Å². The second-order valence-corrected chi connectivity index (χ2v) is 5.86. The summed E-state index contributed by atoms with van der Waals surface area (Å²) in [5, 5.41) is 0. The van der Waals surface area contributed by atoms with Gasteiger partial charge in [0.25, 0.3) is 0 Å². The minimum absolute atomic E-state index is 0.175. The molecule has 126 valence electrons. The Bertz CT molecular complexity index is 497. The molecule has 1 atom stereocenters. The minimum atomic E-state index is -0.205. The quantitative estimate of drug-likeness (QED) is 0.719. The Hall–Kier alpha value is -1.81. The van der Waals surface area contributed by atoms with Gasteiger partial charge in [-0.05, 0) is 31.5 Å². The Balaban J connectivity index is 1.83. The molecule has 0 aromatic heterocycles. The standard InChI is InChI=1S/C19H28N2O2/c1-3-20(4-2)14-8-12-18-13-9-15-21(18)19(22)23-16-17-10-6-5-7-11-17/h5-8,10-12,18H,3-4,9,13-16H2,1-2H3. The van der Waals surface area contributed by atoms with E-state index in [9.17, 15) is 4.79 Å². The van der Waals surface area contributed by atoms with Crippen molar-refractivity contribution in [3.63, 3.8) is 0 Å². The van der Waals surface area contributed by atoms with Gasteiger partial charge < -0.3 is 14.5 Å². The molecular formula is C19H28N2O2. The molecule has 0 spiro atoms. The van der Waals surface area contributed by atoms with Crippen LogP contribution in [0.4, 0.5) is 4.79 Å². The summed E-state index contributed by atoms with van der Waals surface area (Å²) in [5.74, 6) is 0. The normalized spacial score (nSPS) is 18.0. The molecule has 4 nitrogen and oxygen atoms in total. The van der Waals surface area contributed by atoms with Crippen molar-refractivity contribution in [1.29, 1.82) is 0 Å². The molecule has 1 aliphatic heterocycles. The van der Waals surface area contributed by atoms with E-state index in [4.69, 9.17) is 4.74 Å². The molecule has 1 aliphatic rings. The van der Waals surface area contributed by atoms with E-state index in [0.29, 0.717) is 6.61 Å². The van der Waals surface area contributed by atoms with Crippen LogP contribution in [0.3, 0.4) is 0 Å². The molecule has 1 saturated heterocycles. The monoisotopic (exact) mass is 316 g/mol. The fraction of sp³-hybridized carbons (Fsp3) is 0.526. The molecule has 0 aliphatic carbocycles. The van der Waals surface area contributed by atoms with Gasteiger partial charge in [-0.15, -0.1) is 0 Å². The average molecular weight is 316 g/mol. The lowest BCUT2D eigenvalue weighted by molar-refractivity contribution is 0.0974. The molecular weight excluding hydrogens is 288 g/mol. The van der Waals surface area contributed by atoms with Crippen LogP contribution in [0, 0.1) is 0 Å². The van der Waals surface area contributed by atoms with Crippen LogP contribution < -0.4 is 0 Å². The van der Waals surface area contributed by atoms with Gasteiger partial charge >= 0.3 is 6.09 Å². The fourth-order valence-corrected chi connectivity index (χ4v) is 2.87. The largest absolute Gasteiger partial charge is 0.445 e. The van der Waals surface area contributed by atoms with Crippen LogP contribution >= 0.6 is 0 Å². The number of hydrogen-bond acceptors (Lipinski definition) is 3. The molecule has 1 aromatic carbocycles. The molecule has 0 bridgehead atoms. The maximum absolute atomic E-state index is 12.3. The van der Waals surface area contributed by atoms with Crippen molar-refractivity contribution in [3.05, 3.63) is 48.0 Å². The number of hydrogen-bond donors (Lipinski definition) is 0. The molecule has 23 heavy (non-hydrogen) atoms. The van der Waals surface area contributed by atoms with E-state index >= 15 is 0 Å². The molecule has 1 aromatic rings. The van der Waals surface area contributed by atoms with Crippen molar-refractivity contribution in [2.24, 2.45) is 0 Å². The average Bonchev–Trinajstić information content (AvgIpc) is 3.06. The second-order valence-electron chi connectivity index (χ2n) is 5.86. The number of benzene rings is 1. The summed E-state index contributed by atoms with van der Waals surface area (Å²) in [6.45, 7) is 8.50. The zero-order chi connectivity index (χ0) is 16.5. The first-order valence-electron chi connectivity index (χ1n) is 8.61. The van der Waals surface area contributed by atoms with Crippen LogP contribution in [0.2, 0.25) is 0 Å². The van der Waals surface area contributed by atoms with Gasteiger partial charge in [0.1, 0.15) is 6.61 Å². The third-order valence-corrected chi connectivity index (χ3v) is 4.36.